The van der Waals surface area contributed by atoms with Crippen molar-refractivity contribution in [3.63, 3.8) is 0 Å². The van der Waals surface area contributed by atoms with Crippen LogP contribution in [0.4, 0.5) is 0 Å². The molecule has 0 radical (unpaired) electrons. The molecule has 0 atom stereocenters. The molecule has 0 spiro atoms. The van der Waals surface area contributed by atoms with E-state index in [4.69, 9.17) is 0 Å². The van der Waals surface area contributed by atoms with Crippen LogP contribution in [0.3, 0.4) is 0 Å². The van der Waals surface area contributed by atoms with Gasteiger partial charge < -0.3 is 5.32 Å². The Morgan fingerprint density at radius 1 is 1.37 bits per heavy atom. The Hall–Kier alpha value is -0.990. The van der Waals surface area contributed by atoms with E-state index in [9.17, 15) is 0 Å². The van der Waals surface area contributed by atoms with Crippen molar-refractivity contribution in [1.29, 1.82) is 0 Å². The number of aromatic nitrogens is 5. The molecule has 19 heavy (non-hydrogen) atoms. The second-order valence-electron chi connectivity index (χ2n) is 4.08. The number of hydrogen-bond donors (Lipinski definition) is 1. The van der Waals surface area contributed by atoms with E-state index in [2.05, 4.69) is 39.7 Å². The summed E-state index contributed by atoms with van der Waals surface area (Å²) < 4.78 is 1.83. The zero-order chi connectivity index (χ0) is 13.7. The van der Waals surface area contributed by atoms with Gasteiger partial charge in [-0.15, -0.1) is 16.4 Å². The van der Waals surface area contributed by atoms with Gasteiger partial charge in [0.2, 0.25) is 5.16 Å². The van der Waals surface area contributed by atoms with Crippen molar-refractivity contribution in [1.82, 2.24) is 30.5 Å². The lowest BCUT2D eigenvalue weighted by atomic mass is 10.4. The standard InChI is InChI=1S/C11H18N6S2/c1-4-12-5-6-17-11(14-15-16-17)18-7-10-13-8(2)9(3)19-10/h12H,4-7H2,1-3H3. The second kappa shape index (κ2) is 6.97. The van der Waals surface area contributed by atoms with Gasteiger partial charge in [0.15, 0.2) is 0 Å². The van der Waals surface area contributed by atoms with E-state index in [1.54, 1.807) is 23.1 Å². The number of likely N-dealkylation sites (N-methyl/N-ethyl adjacent to an activating group) is 1. The predicted octanol–water partition coefficient (Wildman–Crippen LogP) is 1.65. The van der Waals surface area contributed by atoms with Crippen LogP contribution in [-0.4, -0.2) is 38.3 Å². The summed E-state index contributed by atoms with van der Waals surface area (Å²) in [7, 11) is 0. The minimum Gasteiger partial charge on any atom is -0.315 e. The number of thioether (sulfide) groups is 1. The van der Waals surface area contributed by atoms with Crippen LogP contribution < -0.4 is 5.32 Å². The highest BCUT2D eigenvalue weighted by Crippen LogP contribution is 2.24. The largest absolute Gasteiger partial charge is 0.315 e. The van der Waals surface area contributed by atoms with Gasteiger partial charge in [-0.05, 0) is 30.8 Å². The molecule has 2 aromatic rings. The van der Waals surface area contributed by atoms with Crippen LogP contribution in [0, 0.1) is 13.8 Å². The molecule has 2 heterocycles. The molecular weight excluding hydrogens is 280 g/mol. The van der Waals surface area contributed by atoms with Crippen LogP contribution in [0.2, 0.25) is 0 Å². The third-order valence-electron chi connectivity index (χ3n) is 2.65. The first-order chi connectivity index (χ1) is 9.20. The number of rotatable bonds is 7. The van der Waals surface area contributed by atoms with Crippen LogP contribution in [0.25, 0.3) is 0 Å². The molecule has 104 valence electrons. The van der Waals surface area contributed by atoms with E-state index >= 15 is 0 Å². The Morgan fingerprint density at radius 2 is 2.21 bits per heavy atom. The normalized spacial score (nSPS) is 11.1. The molecule has 2 aromatic heterocycles. The van der Waals surface area contributed by atoms with Crippen molar-refractivity contribution < 1.29 is 0 Å². The molecule has 0 saturated heterocycles. The lowest BCUT2D eigenvalue weighted by molar-refractivity contribution is 0.517. The highest BCUT2D eigenvalue weighted by Gasteiger charge is 2.09. The molecule has 2 rings (SSSR count). The van der Waals surface area contributed by atoms with Gasteiger partial charge in [0.25, 0.3) is 0 Å². The molecule has 0 bridgehead atoms. The van der Waals surface area contributed by atoms with Crippen molar-refractivity contribution in [2.45, 2.75) is 38.2 Å². The lowest BCUT2D eigenvalue weighted by Gasteiger charge is -2.03. The Bertz CT molecular complexity index is 501. The van der Waals surface area contributed by atoms with Crippen molar-refractivity contribution in [2.75, 3.05) is 13.1 Å². The smallest absolute Gasteiger partial charge is 0.209 e. The summed E-state index contributed by atoms with van der Waals surface area (Å²) in [4.78, 5) is 5.80. The summed E-state index contributed by atoms with van der Waals surface area (Å²) in [6, 6.07) is 0. The van der Waals surface area contributed by atoms with Gasteiger partial charge in [0.05, 0.1) is 18.0 Å². The summed E-state index contributed by atoms with van der Waals surface area (Å²) in [5.74, 6) is 0.820. The third-order valence-corrected chi connectivity index (χ3v) is 4.87. The molecule has 0 aliphatic rings. The Balaban J connectivity index is 1.90. The number of aryl methyl sites for hydroxylation is 2. The average molecular weight is 298 g/mol. The van der Waals surface area contributed by atoms with Crippen LogP contribution in [0.5, 0.6) is 0 Å². The first kappa shape index (κ1) is 14.4. The highest BCUT2D eigenvalue weighted by molar-refractivity contribution is 7.98. The Labute approximate surface area is 121 Å². The zero-order valence-electron chi connectivity index (χ0n) is 11.4. The van der Waals surface area contributed by atoms with Gasteiger partial charge in [0.1, 0.15) is 5.01 Å². The third kappa shape index (κ3) is 3.99. The van der Waals surface area contributed by atoms with Gasteiger partial charge in [-0.1, -0.05) is 18.7 Å². The van der Waals surface area contributed by atoms with Gasteiger partial charge >= 0.3 is 0 Å². The van der Waals surface area contributed by atoms with Crippen molar-refractivity contribution in [3.05, 3.63) is 15.6 Å². The van der Waals surface area contributed by atoms with E-state index in [0.717, 1.165) is 41.2 Å². The summed E-state index contributed by atoms with van der Waals surface area (Å²) in [5.41, 5.74) is 1.12. The number of thiazole rings is 1. The first-order valence-electron chi connectivity index (χ1n) is 6.23. The quantitative estimate of drug-likeness (QED) is 0.619. The minimum absolute atomic E-state index is 0.791. The van der Waals surface area contributed by atoms with E-state index < -0.39 is 0 Å². The molecule has 0 fully saturated rings. The van der Waals surface area contributed by atoms with Crippen LogP contribution in [-0.2, 0) is 12.3 Å². The van der Waals surface area contributed by atoms with Crippen molar-refractivity contribution in [2.24, 2.45) is 0 Å². The van der Waals surface area contributed by atoms with Gasteiger partial charge in [0, 0.05) is 11.4 Å². The fraction of sp³-hybridized carbons (Fsp3) is 0.636. The maximum absolute atomic E-state index is 4.52. The maximum Gasteiger partial charge on any atom is 0.209 e. The molecule has 0 aliphatic carbocycles. The van der Waals surface area contributed by atoms with E-state index in [-0.39, 0.29) is 0 Å². The highest BCUT2D eigenvalue weighted by atomic mass is 32.2. The monoisotopic (exact) mass is 298 g/mol. The number of nitrogens with zero attached hydrogens (tertiary/aromatic N) is 5. The van der Waals surface area contributed by atoms with Gasteiger partial charge in [-0.3, -0.25) is 0 Å². The summed E-state index contributed by atoms with van der Waals surface area (Å²) in [6.45, 7) is 8.86. The fourth-order valence-electron chi connectivity index (χ4n) is 1.53. The topological polar surface area (TPSA) is 68.5 Å². The number of nitrogens with one attached hydrogen (secondary N) is 1. The van der Waals surface area contributed by atoms with Crippen molar-refractivity contribution in [3.8, 4) is 0 Å². The minimum atomic E-state index is 0.791. The molecule has 0 aromatic carbocycles. The van der Waals surface area contributed by atoms with Crippen LogP contribution in [0.15, 0.2) is 5.16 Å². The van der Waals surface area contributed by atoms with Gasteiger partial charge in [-0.25, -0.2) is 9.67 Å². The maximum atomic E-state index is 4.52. The van der Waals surface area contributed by atoms with Crippen molar-refractivity contribution >= 4 is 23.1 Å². The molecule has 6 nitrogen and oxygen atoms in total. The number of tetrazole rings is 1. The molecular formula is C11H18N6S2. The Kier molecular flexibility index (Phi) is 5.29. The predicted molar refractivity (Wildman–Crippen MR) is 77.5 cm³/mol. The fourth-order valence-corrected chi connectivity index (χ4v) is 3.36. The van der Waals surface area contributed by atoms with Crippen LogP contribution >= 0.6 is 23.1 Å². The second-order valence-corrected chi connectivity index (χ2v) is 6.31. The molecule has 1 N–H and O–H groups in total. The molecule has 0 aliphatic heterocycles. The molecule has 0 unspecified atom stereocenters. The van der Waals surface area contributed by atoms with E-state index in [1.165, 1.54) is 4.88 Å². The lowest BCUT2D eigenvalue weighted by Crippen LogP contribution is -2.20. The van der Waals surface area contributed by atoms with E-state index in [1.807, 2.05) is 11.6 Å². The SMILES string of the molecule is CCNCCn1nnnc1SCc1nc(C)c(C)s1. The molecule has 8 heteroatoms. The Morgan fingerprint density at radius 3 is 2.89 bits per heavy atom. The summed E-state index contributed by atoms with van der Waals surface area (Å²) in [6.07, 6.45) is 0. The summed E-state index contributed by atoms with van der Waals surface area (Å²) >= 11 is 3.38. The summed E-state index contributed by atoms with van der Waals surface area (Å²) in [5, 5.41) is 17.0. The molecule has 0 saturated carbocycles. The first-order valence-corrected chi connectivity index (χ1v) is 8.03. The van der Waals surface area contributed by atoms with E-state index in [0.29, 0.717) is 0 Å². The average Bonchev–Trinajstić information content (AvgIpc) is 2.95. The van der Waals surface area contributed by atoms with Gasteiger partial charge in [-0.2, -0.15) is 0 Å². The zero-order valence-corrected chi connectivity index (χ0v) is 13.0. The molecule has 0 amide bonds. The van der Waals surface area contributed by atoms with Crippen LogP contribution in [0.1, 0.15) is 22.5 Å². The number of hydrogen-bond acceptors (Lipinski definition) is 7.